The van der Waals surface area contributed by atoms with Crippen LogP contribution >= 0.6 is 11.3 Å². The van der Waals surface area contributed by atoms with Crippen molar-refractivity contribution in [2.24, 2.45) is 0 Å². The summed E-state index contributed by atoms with van der Waals surface area (Å²) in [4.78, 5) is 3.98. The fraction of sp³-hybridized carbons (Fsp3) is 0. The minimum absolute atomic E-state index is 0.522. The summed E-state index contributed by atoms with van der Waals surface area (Å²) in [5.41, 5.74) is 7.56. The summed E-state index contributed by atoms with van der Waals surface area (Å²) in [7, 11) is 0. The molecule has 0 aliphatic rings. The molecule has 2 heterocycles. The highest BCUT2D eigenvalue weighted by Crippen LogP contribution is 2.21. The van der Waals surface area contributed by atoms with Crippen LogP contribution in [0.1, 0.15) is 0 Å². The lowest BCUT2D eigenvalue weighted by Crippen LogP contribution is -1.96. The molecule has 2 rings (SSSR count). The number of hydrogen-bond acceptors (Lipinski definition) is 4. The van der Waals surface area contributed by atoms with E-state index in [0.717, 1.165) is 11.4 Å². The van der Waals surface area contributed by atoms with Gasteiger partial charge in [0.15, 0.2) is 0 Å². The van der Waals surface area contributed by atoms with Crippen molar-refractivity contribution in [3.63, 3.8) is 0 Å². The Bertz CT molecular complexity index is 384. The van der Waals surface area contributed by atoms with E-state index in [1.807, 2.05) is 29.0 Å². The van der Waals surface area contributed by atoms with Gasteiger partial charge in [-0.2, -0.15) is 11.3 Å². The summed E-state index contributed by atoms with van der Waals surface area (Å²) in [5.74, 6) is 0.522. The fourth-order valence-corrected chi connectivity index (χ4v) is 1.60. The molecule has 0 amide bonds. The van der Waals surface area contributed by atoms with Crippen molar-refractivity contribution in [2.75, 3.05) is 11.1 Å². The predicted molar refractivity (Wildman–Crippen MR) is 56.3 cm³/mol. The molecule has 0 bridgehead atoms. The molecule has 4 heteroatoms. The van der Waals surface area contributed by atoms with Gasteiger partial charge in [0, 0.05) is 17.3 Å². The first kappa shape index (κ1) is 8.07. The van der Waals surface area contributed by atoms with Gasteiger partial charge in [0.05, 0.1) is 5.69 Å². The Morgan fingerprint density at radius 3 is 3.00 bits per heavy atom. The van der Waals surface area contributed by atoms with Crippen molar-refractivity contribution in [2.45, 2.75) is 0 Å². The third kappa shape index (κ3) is 1.78. The number of nitrogens with two attached hydrogens (primary N) is 1. The molecule has 66 valence electrons. The summed E-state index contributed by atoms with van der Waals surface area (Å²) in [6, 6.07) is 5.75. The third-order valence-corrected chi connectivity index (χ3v) is 2.32. The molecule has 3 N–H and O–H groups in total. The van der Waals surface area contributed by atoms with Gasteiger partial charge in [-0.15, -0.1) is 0 Å². The van der Waals surface area contributed by atoms with Crippen LogP contribution in [0, 0.1) is 0 Å². The number of anilines is 3. The van der Waals surface area contributed by atoms with E-state index < -0.39 is 0 Å². The highest BCUT2D eigenvalue weighted by Gasteiger charge is 1.98. The summed E-state index contributed by atoms with van der Waals surface area (Å²) in [5, 5.41) is 7.20. The number of hydrogen-bond donors (Lipinski definition) is 2. The van der Waals surface area contributed by atoms with E-state index >= 15 is 0 Å². The molecule has 3 nitrogen and oxygen atoms in total. The van der Waals surface area contributed by atoms with Crippen LogP contribution in [0.25, 0.3) is 0 Å². The molecular weight excluding hydrogens is 182 g/mol. The maximum atomic E-state index is 5.67. The molecule has 0 atom stereocenters. The number of nitrogens with one attached hydrogen (secondary N) is 1. The van der Waals surface area contributed by atoms with Gasteiger partial charge in [0.1, 0.15) is 5.82 Å². The summed E-state index contributed by atoms with van der Waals surface area (Å²) < 4.78 is 0. The van der Waals surface area contributed by atoms with Crippen LogP contribution in [-0.2, 0) is 0 Å². The number of rotatable bonds is 2. The predicted octanol–water partition coefficient (Wildman–Crippen LogP) is 2.47. The molecule has 2 aromatic heterocycles. The second kappa shape index (κ2) is 3.45. The van der Waals surface area contributed by atoms with Gasteiger partial charge in [-0.3, -0.25) is 0 Å². The fourth-order valence-electron chi connectivity index (χ4n) is 1.01. The van der Waals surface area contributed by atoms with E-state index in [1.165, 1.54) is 0 Å². The van der Waals surface area contributed by atoms with Gasteiger partial charge in [-0.1, -0.05) is 0 Å². The number of nitrogen functional groups attached to an aromatic ring is 1. The Labute approximate surface area is 80.2 Å². The number of nitrogens with zero attached hydrogens (tertiary/aromatic N) is 1. The molecular formula is C9H9N3S. The molecule has 0 saturated heterocycles. The van der Waals surface area contributed by atoms with Gasteiger partial charge >= 0.3 is 0 Å². The van der Waals surface area contributed by atoms with Gasteiger partial charge in [0.2, 0.25) is 0 Å². The Morgan fingerprint density at radius 2 is 2.31 bits per heavy atom. The summed E-state index contributed by atoms with van der Waals surface area (Å²) in [6.07, 6.45) is 1.67. The molecule has 0 fully saturated rings. The molecule has 0 aliphatic heterocycles. The van der Waals surface area contributed by atoms with Crippen molar-refractivity contribution in [1.29, 1.82) is 0 Å². The van der Waals surface area contributed by atoms with E-state index in [0.29, 0.717) is 5.82 Å². The average Bonchev–Trinajstić information content (AvgIpc) is 2.61. The SMILES string of the molecule is Nc1ncccc1Nc1ccsc1. The van der Waals surface area contributed by atoms with Crippen LogP contribution in [0.2, 0.25) is 0 Å². The lowest BCUT2D eigenvalue weighted by Gasteiger charge is -2.04. The molecule has 13 heavy (non-hydrogen) atoms. The standard InChI is InChI=1S/C9H9N3S/c10-9-8(2-1-4-11-9)12-7-3-5-13-6-7/h1-6,12H,(H2,10,11). The normalized spacial score (nSPS) is 9.85. The highest BCUT2D eigenvalue weighted by molar-refractivity contribution is 7.08. The van der Waals surface area contributed by atoms with Crippen LogP contribution in [0.3, 0.4) is 0 Å². The van der Waals surface area contributed by atoms with Gasteiger partial charge in [-0.05, 0) is 23.6 Å². The second-order valence-corrected chi connectivity index (χ2v) is 3.35. The smallest absolute Gasteiger partial charge is 0.147 e. The second-order valence-electron chi connectivity index (χ2n) is 2.57. The number of thiophene rings is 1. The zero-order valence-corrected chi connectivity index (χ0v) is 7.71. The van der Waals surface area contributed by atoms with E-state index in [4.69, 9.17) is 5.73 Å². The Kier molecular flexibility index (Phi) is 2.14. The van der Waals surface area contributed by atoms with E-state index in [9.17, 15) is 0 Å². The van der Waals surface area contributed by atoms with Crippen molar-refractivity contribution in [3.05, 3.63) is 35.2 Å². The van der Waals surface area contributed by atoms with Crippen LogP contribution in [0.4, 0.5) is 17.2 Å². The summed E-state index contributed by atoms with van der Waals surface area (Å²) >= 11 is 1.64. The van der Waals surface area contributed by atoms with Gasteiger partial charge < -0.3 is 11.1 Å². The Hall–Kier alpha value is -1.55. The first-order valence-electron chi connectivity index (χ1n) is 3.86. The maximum absolute atomic E-state index is 5.67. The minimum atomic E-state index is 0.522. The number of aromatic nitrogens is 1. The zero-order chi connectivity index (χ0) is 9.10. The van der Waals surface area contributed by atoms with Crippen LogP contribution in [0.5, 0.6) is 0 Å². The number of pyridine rings is 1. The monoisotopic (exact) mass is 191 g/mol. The Balaban J connectivity index is 2.24. The minimum Gasteiger partial charge on any atom is -0.382 e. The third-order valence-electron chi connectivity index (χ3n) is 1.64. The van der Waals surface area contributed by atoms with Crippen molar-refractivity contribution >= 4 is 28.5 Å². The van der Waals surface area contributed by atoms with Gasteiger partial charge in [-0.25, -0.2) is 4.98 Å². The molecule has 2 aromatic rings. The largest absolute Gasteiger partial charge is 0.382 e. The molecule has 0 unspecified atom stereocenters. The van der Waals surface area contributed by atoms with E-state index in [1.54, 1.807) is 17.5 Å². The summed E-state index contributed by atoms with van der Waals surface area (Å²) in [6.45, 7) is 0. The molecule has 0 aliphatic carbocycles. The molecule has 0 saturated carbocycles. The van der Waals surface area contributed by atoms with Crippen molar-refractivity contribution in [3.8, 4) is 0 Å². The van der Waals surface area contributed by atoms with E-state index in [2.05, 4.69) is 10.3 Å². The quantitative estimate of drug-likeness (QED) is 0.766. The van der Waals surface area contributed by atoms with Crippen LogP contribution in [-0.4, -0.2) is 4.98 Å². The van der Waals surface area contributed by atoms with Crippen molar-refractivity contribution in [1.82, 2.24) is 4.98 Å². The lowest BCUT2D eigenvalue weighted by atomic mass is 10.3. The first-order chi connectivity index (χ1) is 6.36. The molecule has 0 radical (unpaired) electrons. The van der Waals surface area contributed by atoms with Crippen LogP contribution < -0.4 is 11.1 Å². The topological polar surface area (TPSA) is 50.9 Å². The maximum Gasteiger partial charge on any atom is 0.147 e. The van der Waals surface area contributed by atoms with Crippen molar-refractivity contribution < 1.29 is 0 Å². The Morgan fingerprint density at radius 1 is 1.38 bits per heavy atom. The zero-order valence-electron chi connectivity index (χ0n) is 6.90. The highest BCUT2D eigenvalue weighted by atomic mass is 32.1. The lowest BCUT2D eigenvalue weighted by molar-refractivity contribution is 1.33. The molecule has 0 spiro atoms. The van der Waals surface area contributed by atoms with Gasteiger partial charge in [0.25, 0.3) is 0 Å². The molecule has 0 aromatic carbocycles. The van der Waals surface area contributed by atoms with Crippen LogP contribution in [0.15, 0.2) is 35.2 Å². The first-order valence-corrected chi connectivity index (χ1v) is 4.80. The van der Waals surface area contributed by atoms with E-state index in [-0.39, 0.29) is 0 Å². The average molecular weight is 191 g/mol.